The number of carbonyl (C=O) groups is 3. The second-order valence-corrected chi connectivity index (χ2v) is 10.7. The molecular weight excluding hydrogens is 508 g/mol. The summed E-state index contributed by atoms with van der Waals surface area (Å²) < 4.78 is 5.31. The summed E-state index contributed by atoms with van der Waals surface area (Å²) in [5, 5.41) is 11.3. The van der Waals surface area contributed by atoms with Crippen LogP contribution in [-0.4, -0.2) is 54.2 Å². The van der Waals surface area contributed by atoms with E-state index in [-0.39, 0.29) is 12.1 Å². The standard InChI is InChI=1S/C30H38N6O4/c1-20-10-9-11-22(18-20)32-28(38)34-26(16-17-36(5)6)23-15-14-21(19-31-23)27(37)33-24-12-7-8-13-25(24)35-29(39)40-30(2,3)4/h7-15,18-19,26H,16-17H2,1-6H3,(H,33,37)(H,35,39)(H2,32,34,38). The highest BCUT2D eigenvalue weighted by atomic mass is 16.6. The van der Waals surface area contributed by atoms with Crippen molar-refractivity contribution in [1.82, 2.24) is 15.2 Å². The van der Waals surface area contributed by atoms with Gasteiger partial charge in [0.2, 0.25) is 0 Å². The highest BCUT2D eigenvalue weighted by Gasteiger charge is 2.20. The van der Waals surface area contributed by atoms with E-state index < -0.39 is 17.6 Å². The monoisotopic (exact) mass is 546 g/mol. The Morgan fingerprint density at radius 3 is 2.23 bits per heavy atom. The maximum atomic E-state index is 13.0. The summed E-state index contributed by atoms with van der Waals surface area (Å²) in [7, 11) is 3.92. The Morgan fingerprint density at radius 2 is 1.62 bits per heavy atom. The van der Waals surface area contributed by atoms with Crippen LogP contribution in [0.2, 0.25) is 0 Å². The predicted octanol–water partition coefficient (Wildman–Crippen LogP) is 5.80. The van der Waals surface area contributed by atoms with Crippen molar-refractivity contribution < 1.29 is 19.1 Å². The van der Waals surface area contributed by atoms with E-state index in [0.717, 1.165) is 12.1 Å². The van der Waals surface area contributed by atoms with Crippen molar-refractivity contribution in [2.45, 2.75) is 45.8 Å². The molecule has 1 aromatic heterocycles. The van der Waals surface area contributed by atoms with Crippen molar-refractivity contribution in [3.63, 3.8) is 0 Å². The first-order chi connectivity index (χ1) is 18.9. The lowest BCUT2D eigenvalue weighted by Gasteiger charge is -2.21. The zero-order valence-electron chi connectivity index (χ0n) is 23.9. The largest absolute Gasteiger partial charge is 0.444 e. The maximum absolute atomic E-state index is 13.0. The number of hydrogen-bond donors (Lipinski definition) is 4. The van der Waals surface area contributed by atoms with E-state index in [1.165, 1.54) is 6.20 Å². The first kappa shape index (κ1) is 30.1. The molecule has 1 atom stereocenters. The van der Waals surface area contributed by atoms with Gasteiger partial charge in [-0.25, -0.2) is 9.59 Å². The van der Waals surface area contributed by atoms with Crippen LogP contribution in [0.5, 0.6) is 0 Å². The van der Waals surface area contributed by atoms with Crippen LogP contribution in [0.4, 0.5) is 26.7 Å². The second-order valence-electron chi connectivity index (χ2n) is 10.7. The number of aromatic nitrogens is 1. The van der Waals surface area contributed by atoms with Gasteiger partial charge in [0, 0.05) is 11.9 Å². The topological polar surface area (TPSA) is 125 Å². The molecule has 3 aromatic rings. The Balaban J connectivity index is 1.70. The zero-order chi connectivity index (χ0) is 29.3. The molecule has 2 aromatic carbocycles. The quantitative estimate of drug-likeness (QED) is 0.269. The lowest BCUT2D eigenvalue weighted by Crippen LogP contribution is -2.34. The third-order valence-electron chi connectivity index (χ3n) is 5.66. The van der Waals surface area contributed by atoms with Crippen molar-refractivity contribution in [2.24, 2.45) is 0 Å². The van der Waals surface area contributed by atoms with Gasteiger partial charge in [0.15, 0.2) is 0 Å². The molecule has 4 amide bonds. The minimum Gasteiger partial charge on any atom is -0.444 e. The molecule has 40 heavy (non-hydrogen) atoms. The maximum Gasteiger partial charge on any atom is 0.412 e. The van der Waals surface area contributed by atoms with Crippen LogP contribution >= 0.6 is 0 Å². The molecule has 0 fully saturated rings. The molecule has 0 aliphatic carbocycles. The molecule has 0 radical (unpaired) electrons. The molecule has 0 bridgehead atoms. The molecular formula is C30H38N6O4. The third-order valence-corrected chi connectivity index (χ3v) is 5.66. The van der Waals surface area contributed by atoms with E-state index in [2.05, 4.69) is 26.3 Å². The van der Waals surface area contributed by atoms with Gasteiger partial charge in [0.1, 0.15) is 5.60 Å². The second kappa shape index (κ2) is 13.6. The van der Waals surface area contributed by atoms with Gasteiger partial charge < -0.3 is 25.6 Å². The van der Waals surface area contributed by atoms with Gasteiger partial charge in [-0.05, 0) is 96.7 Å². The number of nitrogens with one attached hydrogen (secondary N) is 4. The van der Waals surface area contributed by atoms with Gasteiger partial charge in [-0.1, -0.05) is 24.3 Å². The molecule has 0 spiro atoms. The number of ether oxygens (including phenoxy) is 1. The molecule has 4 N–H and O–H groups in total. The van der Waals surface area contributed by atoms with Gasteiger partial charge >= 0.3 is 12.1 Å². The van der Waals surface area contributed by atoms with E-state index in [1.807, 2.05) is 50.2 Å². The number of amides is 4. The molecule has 212 valence electrons. The Bertz CT molecular complexity index is 1320. The van der Waals surface area contributed by atoms with Crippen LogP contribution in [-0.2, 0) is 4.74 Å². The average Bonchev–Trinajstić information content (AvgIpc) is 2.86. The fraction of sp³-hybridized carbons (Fsp3) is 0.333. The van der Waals surface area contributed by atoms with Gasteiger partial charge in [-0.2, -0.15) is 0 Å². The lowest BCUT2D eigenvalue weighted by molar-refractivity contribution is 0.0635. The zero-order valence-corrected chi connectivity index (χ0v) is 23.9. The van der Waals surface area contributed by atoms with Crippen molar-refractivity contribution in [3.05, 3.63) is 83.7 Å². The summed E-state index contributed by atoms with van der Waals surface area (Å²) in [5.74, 6) is -0.396. The summed E-state index contributed by atoms with van der Waals surface area (Å²) in [6, 6.07) is 17.1. The molecule has 1 heterocycles. The molecule has 0 saturated heterocycles. The summed E-state index contributed by atoms with van der Waals surface area (Å²) in [5.41, 5.74) is 2.86. The van der Waals surface area contributed by atoms with Crippen molar-refractivity contribution in [3.8, 4) is 0 Å². The molecule has 10 nitrogen and oxygen atoms in total. The van der Waals surface area contributed by atoms with Gasteiger partial charge in [-0.3, -0.25) is 15.1 Å². The van der Waals surface area contributed by atoms with E-state index in [0.29, 0.717) is 34.7 Å². The fourth-order valence-electron chi connectivity index (χ4n) is 3.78. The SMILES string of the molecule is Cc1cccc(NC(=O)NC(CCN(C)C)c2ccc(C(=O)Nc3ccccc3NC(=O)OC(C)(C)C)cn2)c1. The number of benzene rings is 2. The van der Waals surface area contributed by atoms with Crippen LogP contribution < -0.4 is 21.3 Å². The Kier molecular flexibility index (Phi) is 10.2. The van der Waals surface area contributed by atoms with Crippen LogP contribution in [0, 0.1) is 6.92 Å². The molecule has 10 heteroatoms. The number of carbonyl (C=O) groups excluding carboxylic acids is 3. The number of aryl methyl sites for hydroxylation is 1. The van der Waals surface area contributed by atoms with E-state index >= 15 is 0 Å². The van der Waals surface area contributed by atoms with Gasteiger partial charge in [0.25, 0.3) is 5.91 Å². The van der Waals surface area contributed by atoms with Gasteiger partial charge in [0.05, 0.1) is 28.7 Å². The minimum absolute atomic E-state index is 0.325. The van der Waals surface area contributed by atoms with E-state index in [1.54, 1.807) is 57.2 Å². The fourth-order valence-corrected chi connectivity index (χ4v) is 3.78. The number of para-hydroxylation sites is 2. The number of urea groups is 1. The smallest absolute Gasteiger partial charge is 0.412 e. The summed E-state index contributed by atoms with van der Waals surface area (Å²) in [4.78, 5) is 44.5. The number of hydrogen-bond acceptors (Lipinski definition) is 6. The summed E-state index contributed by atoms with van der Waals surface area (Å²) in [6.07, 6.45) is 1.47. The number of rotatable bonds is 9. The number of nitrogens with zero attached hydrogens (tertiary/aromatic N) is 2. The minimum atomic E-state index is -0.657. The Morgan fingerprint density at radius 1 is 0.925 bits per heavy atom. The van der Waals surface area contributed by atoms with Crippen LogP contribution in [0.25, 0.3) is 0 Å². The molecule has 0 saturated carbocycles. The van der Waals surface area contributed by atoms with Crippen molar-refractivity contribution in [1.29, 1.82) is 0 Å². The Labute approximate surface area is 235 Å². The van der Waals surface area contributed by atoms with Crippen LogP contribution in [0.15, 0.2) is 66.9 Å². The third kappa shape index (κ3) is 9.70. The molecule has 3 rings (SSSR count). The van der Waals surface area contributed by atoms with E-state index in [9.17, 15) is 14.4 Å². The molecule has 0 aliphatic rings. The molecule has 0 aliphatic heterocycles. The highest BCUT2D eigenvalue weighted by molar-refractivity contribution is 6.06. The van der Waals surface area contributed by atoms with Crippen molar-refractivity contribution >= 4 is 35.1 Å². The van der Waals surface area contributed by atoms with Crippen LogP contribution in [0.3, 0.4) is 0 Å². The normalized spacial score (nSPS) is 11.9. The van der Waals surface area contributed by atoms with E-state index in [4.69, 9.17) is 4.74 Å². The predicted molar refractivity (Wildman–Crippen MR) is 158 cm³/mol. The highest BCUT2D eigenvalue weighted by Crippen LogP contribution is 2.23. The summed E-state index contributed by atoms with van der Waals surface area (Å²) in [6.45, 7) is 8.00. The first-order valence-corrected chi connectivity index (χ1v) is 13.0. The lowest BCUT2D eigenvalue weighted by atomic mass is 10.1. The number of anilines is 3. The van der Waals surface area contributed by atoms with Crippen molar-refractivity contribution in [2.75, 3.05) is 36.6 Å². The average molecular weight is 547 g/mol. The Hall–Kier alpha value is -4.44. The summed E-state index contributed by atoms with van der Waals surface area (Å²) >= 11 is 0. The number of pyridine rings is 1. The molecule has 1 unspecified atom stereocenters. The van der Waals surface area contributed by atoms with Gasteiger partial charge in [-0.15, -0.1) is 0 Å². The van der Waals surface area contributed by atoms with Crippen LogP contribution in [0.1, 0.15) is 54.8 Å². The first-order valence-electron chi connectivity index (χ1n) is 13.0.